The summed E-state index contributed by atoms with van der Waals surface area (Å²) in [7, 11) is 2.84. The maximum Gasteiger partial charge on any atom is 0.287 e. The molecule has 0 radical (unpaired) electrons. The van der Waals surface area contributed by atoms with Crippen LogP contribution in [-0.4, -0.2) is 34.6 Å². The molecular formula is C10H13BrClNO5S. The first-order chi connectivity index (χ1) is 8.86. The summed E-state index contributed by atoms with van der Waals surface area (Å²) in [6.07, 6.45) is 1.57. The number of nitrogens with one attached hydrogen (secondary N) is 1. The third-order valence-electron chi connectivity index (χ3n) is 2.20. The van der Waals surface area contributed by atoms with Crippen LogP contribution >= 0.6 is 26.6 Å². The van der Waals surface area contributed by atoms with E-state index in [1.807, 2.05) is 0 Å². The van der Waals surface area contributed by atoms with E-state index in [0.717, 1.165) is 18.9 Å². The number of carbonyl (C=O) groups is 1. The Morgan fingerprint density at radius 2 is 2.21 bits per heavy atom. The average molecular weight is 375 g/mol. The molecule has 0 saturated heterocycles. The SMILES string of the molecule is COCCCCNC(=O)c1cc(S(=O)(=O)Cl)c(Br)o1. The van der Waals surface area contributed by atoms with E-state index < -0.39 is 15.0 Å². The fraction of sp³-hybridized carbons (Fsp3) is 0.500. The zero-order valence-electron chi connectivity index (χ0n) is 10.1. The van der Waals surface area contributed by atoms with Crippen molar-refractivity contribution in [2.45, 2.75) is 17.7 Å². The minimum Gasteiger partial charge on any atom is -0.443 e. The standard InChI is InChI=1S/C10H13BrClNO5S/c1-17-5-3-2-4-13-10(14)7-6-8(9(11)18-7)19(12,15)16/h6H,2-5H2,1H3,(H,13,14). The van der Waals surface area contributed by atoms with Crippen LogP contribution in [0.25, 0.3) is 0 Å². The number of amides is 1. The van der Waals surface area contributed by atoms with Crippen LogP contribution in [0.5, 0.6) is 0 Å². The number of ether oxygens (including phenoxy) is 1. The van der Waals surface area contributed by atoms with Crippen LogP contribution < -0.4 is 5.32 Å². The van der Waals surface area contributed by atoms with Gasteiger partial charge in [-0.2, -0.15) is 0 Å². The van der Waals surface area contributed by atoms with Gasteiger partial charge in [0.1, 0.15) is 4.90 Å². The summed E-state index contributed by atoms with van der Waals surface area (Å²) in [5.74, 6) is -0.609. The minimum absolute atomic E-state index is 0.0907. The summed E-state index contributed by atoms with van der Waals surface area (Å²) < 4.78 is 32.1. The number of unbranched alkanes of at least 4 members (excludes halogenated alkanes) is 1. The molecule has 0 aromatic carbocycles. The van der Waals surface area contributed by atoms with Crippen LogP contribution in [0.4, 0.5) is 0 Å². The molecule has 1 heterocycles. The molecule has 19 heavy (non-hydrogen) atoms. The summed E-state index contributed by atoms with van der Waals surface area (Å²) in [6, 6.07) is 1.08. The lowest BCUT2D eigenvalue weighted by molar-refractivity contribution is 0.0922. The molecule has 0 fully saturated rings. The van der Waals surface area contributed by atoms with Gasteiger partial charge in [-0.25, -0.2) is 8.42 Å². The first kappa shape index (κ1) is 16.5. The summed E-state index contributed by atoms with van der Waals surface area (Å²) in [5.41, 5.74) is 0. The van der Waals surface area contributed by atoms with Crippen molar-refractivity contribution >= 4 is 41.6 Å². The summed E-state index contributed by atoms with van der Waals surface area (Å²) in [6.45, 7) is 1.07. The molecule has 1 N–H and O–H groups in total. The fourth-order valence-corrected chi connectivity index (χ4v) is 3.32. The molecule has 1 aromatic heterocycles. The molecule has 0 spiro atoms. The normalized spacial score (nSPS) is 11.5. The van der Waals surface area contributed by atoms with Crippen LogP contribution in [0, 0.1) is 0 Å². The lowest BCUT2D eigenvalue weighted by Gasteiger charge is -2.02. The molecule has 108 valence electrons. The molecular weight excluding hydrogens is 362 g/mol. The quantitative estimate of drug-likeness (QED) is 0.583. The molecule has 0 bridgehead atoms. The highest BCUT2D eigenvalue weighted by Crippen LogP contribution is 2.28. The first-order valence-electron chi connectivity index (χ1n) is 5.37. The first-order valence-corrected chi connectivity index (χ1v) is 8.47. The predicted octanol–water partition coefficient (Wildman–Crippen LogP) is 2.13. The van der Waals surface area contributed by atoms with Gasteiger partial charge in [-0.15, -0.1) is 0 Å². The Balaban J connectivity index is 2.59. The lowest BCUT2D eigenvalue weighted by atomic mass is 10.3. The maximum absolute atomic E-state index is 11.7. The van der Waals surface area contributed by atoms with E-state index >= 15 is 0 Å². The van der Waals surface area contributed by atoms with Gasteiger partial charge in [0, 0.05) is 37.0 Å². The number of rotatable bonds is 7. The maximum atomic E-state index is 11.7. The van der Waals surface area contributed by atoms with Crippen LogP contribution in [0.15, 0.2) is 20.0 Å². The zero-order chi connectivity index (χ0) is 14.5. The number of furan rings is 1. The number of methoxy groups -OCH3 is 1. The third-order valence-corrected chi connectivity index (χ3v) is 4.38. The van der Waals surface area contributed by atoms with Crippen LogP contribution in [-0.2, 0) is 13.8 Å². The Morgan fingerprint density at radius 3 is 2.74 bits per heavy atom. The van der Waals surface area contributed by atoms with Gasteiger partial charge in [0.25, 0.3) is 15.0 Å². The molecule has 1 rings (SSSR count). The van der Waals surface area contributed by atoms with Crippen LogP contribution in [0.1, 0.15) is 23.4 Å². The molecule has 0 aliphatic heterocycles. The number of halogens is 2. The van der Waals surface area contributed by atoms with Gasteiger partial charge in [-0.05, 0) is 28.8 Å². The number of carbonyl (C=O) groups excluding carboxylic acids is 1. The van der Waals surface area contributed by atoms with E-state index in [9.17, 15) is 13.2 Å². The van der Waals surface area contributed by atoms with Gasteiger partial charge in [-0.3, -0.25) is 4.79 Å². The number of hydrogen-bond acceptors (Lipinski definition) is 5. The summed E-state index contributed by atoms with van der Waals surface area (Å²) in [5, 5.41) is 2.60. The van der Waals surface area contributed by atoms with Gasteiger partial charge in [0.05, 0.1) is 0 Å². The Hall–Kier alpha value is -0.570. The molecule has 6 nitrogen and oxygen atoms in total. The van der Waals surface area contributed by atoms with Crippen molar-refractivity contribution in [1.82, 2.24) is 5.32 Å². The largest absolute Gasteiger partial charge is 0.443 e. The average Bonchev–Trinajstić information content (AvgIpc) is 2.70. The van der Waals surface area contributed by atoms with Crippen molar-refractivity contribution in [3.63, 3.8) is 0 Å². The molecule has 0 aliphatic carbocycles. The van der Waals surface area contributed by atoms with E-state index in [0.29, 0.717) is 13.2 Å². The van der Waals surface area contributed by atoms with Gasteiger partial charge < -0.3 is 14.5 Å². The molecule has 1 aromatic rings. The third kappa shape index (κ3) is 5.13. The van der Waals surface area contributed by atoms with Crippen molar-refractivity contribution in [3.8, 4) is 0 Å². The predicted molar refractivity (Wildman–Crippen MR) is 72.9 cm³/mol. The monoisotopic (exact) mass is 373 g/mol. The Bertz CT molecular complexity index is 542. The molecule has 1 amide bonds. The van der Waals surface area contributed by atoms with Gasteiger partial charge >= 0.3 is 0 Å². The van der Waals surface area contributed by atoms with Crippen molar-refractivity contribution in [3.05, 3.63) is 16.5 Å². The molecule has 0 unspecified atom stereocenters. The number of hydrogen-bond donors (Lipinski definition) is 1. The lowest BCUT2D eigenvalue weighted by Crippen LogP contribution is -2.24. The summed E-state index contributed by atoms with van der Waals surface area (Å²) >= 11 is 2.90. The second kappa shape index (κ2) is 7.28. The van der Waals surface area contributed by atoms with Crippen LogP contribution in [0.2, 0.25) is 0 Å². The minimum atomic E-state index is -3.94. The van der Waals surface area contributed by atoms with E-state index in [2.05, 4.69) is 21.2 Å². The van der Waals surface area contributed by atoms with Crippen LogP contribution in [0.3, 0.4) is 0 Å². The van der Waals surface area contributed by atoms with Gasteiger partial charge in [-0.1, -0.05) is 0 Å². The molecule has 0 aliphatic rings. The van der Waals surface area contributed by atoms with E-state index in [-0.39, 0.29) is 15.3 Å². The van der Waals surface area contributed by atoms with E-state index in [4.69, 9.17) is 19.8 Å². The Kier molecular flexibility index (Phi) is 6.31. The smallest absolute Gasteiger partial charge is 0.287 e. The van der Waals surface area contributed by atoms with Crippen molar-refractivity contribution < 1.29 is 22.4 Å². The Morgan fingerprint density at radius 1 is 1.53 bits per heavy atom. The Labute approximate surface area is 124 Å². The zero-order valence-corrected chi connectivity index (χ0v) is 13.3. The summed E-state index contributed by atoms with van der Waals surface area (Å²) in [4.78, 5) is 11.4. The fourth-order valence-electron chi connectivity index (χ4n) is 1.29. The molecule has 0 saturated carbocycles. The second-order valence-electron chi connectivity index (χ2n) is 3.64. The van der Waals surface area contributed by atoms with Gasteiger partial charge in [0.15, 0.2) is 10.4 Å². The van der Waals surface area contributed by atoms with Crippen molar-refractivity contribution in [1.29, 1.82) is 0 Å². The molecule has 0 atom stereocenters. The highest BCUT2D eigenvalue weighted by atomic mass is 79.9. The highest BCUT2D eigenvalue weighted by Gasteiger charge is 2.22. The van der Waals surface area contributed by atoms with E-state index in [1.165, 1.54) is 0 Å². The van der Waals surface area contributed by atoms with Crippen molar-refractivity contribution in [2.75, 3.05) is 20.3 Å². The van der Waals surface area contributed by atoms with E-state index in [1.54, 1.807) is 7.11 Å². The molecule has 9 heteroatoms. The topological polar surface area (TPSA) is 85.6 Å². The second-order valence-corrected chi connectivity index (χ2v) is 6.90. The highest BCUT2D eigenvalue weighted by molar-refractivity contribution is 9.10. The van der Waals surface area contributed by atoms with Crippen molar-refractivity contribution in [2.24, 2.45) is 0 Å². The van der Waals surface area contributed by atoms with Gasteiger partial charge in [0.2, 0.25) is 0 Å².